The normalized spacial score (nSPS) is 10.5. The number of aromatic nitrogens is 1. The lowest BCUT2D eigenvalue weighted by atomic mass is 10.2. The van der Waals surface area contributed by atoms with Crippen LogP contribution < -0.4 is 4.74 Å². The molecule has 0 fully saturated rings. The molecule has 3 nitrogen and oxygen atoms in total. The van der Waals surface area contributed by atoms with Crippen LogP contribution in [0.15, 0.2) is 24.4 Å². The number of aldehydes is 1. The number of methoxy groups -OCH3 is 1. The molecule has 0 saturated heterocycles. The Balaban J connectivity index is 2.63. The van der Waals surface area contributed by atoms with Gasteiger partial charge in [-0.1, -0.05) is 0 Å². The lowest BCUT2D eigenvalue weighted by molar-refractivity contribution is -0.108. The highest BCUT2D eigenvalue weighted by Crippen LogP contribution is 2.25. The molecule has 0 aliphatic carbocycles. The molecule has 0 aliphatic heterocycles. The Bertz CT molecular complexity index is 500. The lowest BCUT2D eigenvalue weighted by Crippen LogP contribution is -1.95. The number of carbonyl (C=O) groups is 1. The molecule has 0 amide bonds. The zero-order valence-electron chi connectivity index (χ0n) is 8.86. The topological polar surface area (TPSA) is 31.2 Å². The van der Waals surface area contributed by atoms with E-state index in [1.165, 1.54) is 0 Å². The first-order valence-corrected chi connectivity index (χ1v) is 4.83. The summed E-state index contributed by atoms with van der Waals surface area (Å²) < 4.78 is 7.11. The predicted octanol–water partition coefficient (Wildman–Crippen LogP) is 2.16. The van der Waals surface area contributed by atoms with Gasteiger partial charge in [-0.3, -0.25) is 0 Å². The molecular weight excluding hydrogens is 190 g/mol. The van der Waals surface area contributed by atoms with Crippen molar-refractivity contribution in [1.29, 1.82) is 0 Å². The van der Waals surface area contributed by atoms with E-state index < -0.39 is 0 Å². The Morgan fingerprint density at radius 2 is 2.27 bits per heavy atom. The molecule has 15 heavy (non-hydrogen) atoms. The Hall–Kier alpha value is -1.77. The lowest BCUT2D eigenvalue weighted by Gasteiger charge is -2.02. The molecule has 0 N–H and O–H groups in total. The average Bonchev–Trinajstić information content (AvgIpc) is 2.56. The van der Waals surface area contributed by atoms with Gasteiger partial charge in [0.1, 0.15) is 12.0 Å². The van der Waals surface area contributed by atoms with Gasteiger partial charge in [-0.2, -0.15) is 0 Å². The molecule has 0 aliphatic rings. The first kappa shape index (κ1) is 9.77. The van der Waals surface area contributed by atoms with Gasteiger partial charge in [0.05, 0.1) is 13.7 Å². The summed E-state index contributed by atoms with van der Waals surface area (Å²) in [5, 5.41) is 1.14. The van der Waals surface area contributed by atoms with Crippen molar-refractivity contribution in [2.75, 3.05) is 7.11 Å². The standard InChI is InChI=1S/C12H13NO2/c1-9-8-13(5-6-14)12-4-3-10(15-2)7-11(9)12/h3-4,6-8H,5H2,1-2H3. The zero-order chi connectivity index (χ0) is 10.8. The molecule has 1 heterocycles. The minimum atomic E-state index is 0.399. The third-order valence-corrected chi connectivity index (χ3v) is 2.56. The summed E-state index contributed by atoms with van der Waals surface area (Å²) in [4.78, 5) is 10.5. The SMILES string of the molecule is COc1ccc2c(c1)c(C)cn2CC=O. The van der Waals surface area contributed by atoms with Crippen LogP contribution in [0.4, 0.5) is 0 Å². The minimum Gasteiger partial charge on any atom is -0.497 e. The van der Waals surface area contributed by atoms with Crippen LogP contribution >= 0.6 is 0 Å². The second-order valence-electron chi connectivity index (χ2n) is 3.51. The highest BCUT2D eigenvalue weighted by Gasteiger charge is 2.05. The Morgan fingerprint density at radius 3 is 2.93 bits per heavy atom. The molecule has 0 saturated carbocycles. The minimum absolute atomic E-state index is 0.399. The van der Waals surface area contributed by atoms with Crippen molar-refractivity contribution in [3.05, 3.63) is 30.0 Å². The van der Waals surface area contributed by atoms with Gasteiger partial charge in [-0.15, -0.1) is 0 Å². The van der Waals surface area contributed by atoms with E-state index >= 15 is 0 Å². The number of hydrogen-bond acceptors (Lipinski definition) is 2. The Kier molecular flexibility index (Phi) is 2.46. The van der Waals surface area contributed by atoms with Gasteiger partial charge in [0, 0.05) is 17.1 Å². The van der Waals surface area contributed by atoms with Gasteiger partial charge in [0.25, 0.3) is 0 Å². The number of carbonyl (C=O) groups excluding carboxylic acids is 1. The van der Waals surface area contributed by atoms with E-state index in [2.05, 4.69) is 0 Å². The van der Waals surface area contributed by atoms with E-state index in [0.717, 1.165) is 28.5 Å². The summed E-state index contributed by atoms with van der Waals surface area (Å²) in [6.07, 6.45) is 2.89. The van der Waals surface area contributed by atoms with Gasteiger partial charge in [-0.25, -0.2) is 0 Å². The molecule has 3 heteroatoms. The summed E-state index contributed by atoms with van der Waals surface area (Å²) in [5.41, 5.74) is 2.23. The van der Waals surface area contributed by atoms with Gasteiger partial charge in [0.2, 0.25) is 0 Å². The van der Waals surface area contributed by atoms with Crippen LogP contribution in [0.3, 0.4) is 0 Å². The molecule has 1 aromatic carbocycles. The van der Waals surface area contributed by atoms with Crippen LogP contribution in [-0.2, 0) is 11.3 Å². The van der Waals surface area contributed by atoms with Crippen molar-refractivity contribution < 1.29 is 9.53 Å². The number of benzene rings is 1. The fourth-order valence-electron chi connectivity index (χ4n) is 1.81. The second kappa shape index (κ2) is 3.77. The maximum absolute atomic E-state index is 10.5. The van der Waals surface area contributed by atoms with Crippen LogP contribution in [0, 0.1) is 6.92 Å². The van der Waals surface area contributed by atoms with E-state index in [0.29, 0.717) is 6.54 Å². The highest BCUT2D eigenvalue weighted by molar-refractivity contribution is 5.85. The predicted molar refractivity (Wildman–Crippen MR) is 59.3 cm³/mol. The van der Waals surface area contributed by atoms with E-state index in [-0.39, 0.29) is 0 Å². The molecule has 0 bridgehead atoms. The summed E-state index contributed by atoms with van der Waals surface area (Å²) in [6.45, 7) is 2.43. The van der Waals surface area contributed by atoms with Crippen LogP contribution in [0.2, 0.25) is 0 Å². The molecular formula is C12H13NO2. The highest BCUT2D eigenvalue weighted by atomic mass is 16.5. The van der Waals surface area contributed by atoms with Crippen molar-refractivity contribution in [3.63, 3.8) is 0 Å². The van der Waals surface area contributed by atoms with Gasteiger partial charge in [-0.05, 0) is 30.7 Å². The monoisotopic (exact) mass is 203 g/mol. The fourth-order valence-corrected chi connectivity index (χ4v) is 1.81. The van der Waals surface area contributed by atoms with Crippen molar-refractivity contribution in [3.8, 4) is 5.75 Å². The number of hydrogen-bond donors (Lipinski definition) is 0. The Morgan fingerprint density at radius 1 is 1.47 bits per heavy atom. The molecule has 0 unspecified atom stereocenters. The number of rotatable bonds is 3. The van der Waals surface area contributed by atoms with Gasteiger partial charge < -0.3 is 14.1 Å². The first-order chi connectivity index (χ1) is 7.26. The molecule has 0 spiro atoms. The second-order valence-corrected chi connectivity index (χ2v) is 3.51. The third kappa shape index (κ3) is 1.61. The van der Waals surface area contributed by atoms with Crippen LogP contribution in [0.25, 0.3) is 10.9 Å². The number of nitrogens with zero attached hydrogens (tertiary/aromatic N) is 1. The fraction of sp³-hybridized carbons (Fsp3) is 0.250. The summed E-state index contributed by atoms with van der Waals surface area (Å²) in [7, 11) is 1.65. The van der Waals surface area contributed by atoms with Gasteiger partial charge in [0.15, 0.2) is 0 Å². The number of ether oxygens (including phenoxy) is 1. The van der Waals surface area contributed by atoms with Crippen molar-refractivity contribution in [2.24, 2.45) is 0 Å². The first-order valence-electron chi connectivity index (χ1n) is 4.83. The van der Waals surface area contributed by atoms with E-state index in [4.69, 9.17) is 4.74 Å². The summed E-state index contributed by atoms with van der Waals surface area (Å²) >= 11 is 0. The molecule has 78 valence electrons. The van der Waals surface area contributed by atoms with E-state index in [9.17, 15) is 4.79 Å². The number of fused-ring (bicyclic) bond motifs is 1. The molecule has 2 aromatic rings. The van der Waals surface area contributed by atoms with Gasteiger partial charge >= 0.3 is 0 Å². The maximum Gasteiger partial charge on any atom is 0.139 e. The molecule has 0 radical (unpaired) electrons. The van der Waals surface area contributed by atoms with Crippen LogP contribution in [0.5, 0.6) is 5.75 Å². The smallest absolute Gasteiger partial charge is 0.139 e. The average molecular weight is 203 g/mol. The van der Waals surface area contributed by atoms with Crippen molar-refractivity contribution >= 4 is 17.2 Å². The molecule has 0 atom stereocenters. The van der Waals surface area contributed by atoms with E-state index in [1.54, 1.807) is 7.11 Å². The van der Waals surface area contributed by atoms with E-state index in [1.807, 2.05) is 35.9 Å². The summed E-state index contributed by atoms with van der Waals surface area (Å²) in [5.74, 6) is 0.842. The maximum atomic E-state index is 10.5. The number of aryl methyl sites for hydroxylation is 1. The summed E-state index contributed by atoms with van der Waals surface area (Å²) in [6, 6.07) is 5.87. The Labute approximate surface area is 88.3 Å². The van der Waals surface area contributed by atoms with Crippen LogP contribution in [0.1, 0.15) is 5.56 Å². The molecule has 2 rings (SSSR count). The third-order valence-electron chi connectivity index (χ3n) is 2.56. The van der Waals surface area contributed by atoms with Crippen LogP contribution in [-0.4, -0.2) is 18.0 Å². The zero-order valence-corrected chi connectivity index (χ0v) is 8.86. The van der Waals surface area contributed by atoms with Crippen molar-refractivity contribution in [1.82, 2.24) is 4.57 Å². The quantitative estimate of drug-likeness (QED) is 0.716. The molecule has 1 aromatic heterocycles. The van der Waals surface area contributed by atoms with Crippen molar-refractivity contribution in [2.45, 2.75) is 13.5 Å². The largest absolute Gasteiger partial charge is 0.497 e.